The Morgan fingerprint density at radius 1 is 0.323 bits per heavy atom. The molecule has 0 N–H and O–H groups in total. The molecule has 6 nitrogen and oxygen atoms in total. The first-order valence-electron chi connectivity index (χ1n) is 27.0. The minimum Gasteiger partial charge on any atom is -0.462 e. The molecular formula is C56H102O6. The Labute approximate surface area is 385 Å². The largest absolute Gasteiger partial charge is 0.462 e. The summed E-state index contributed by atoms with van der Waals surface area (Å²) in [5.74, 6) is -0.888. The molecule has 362 valence electrons. The number of hydrogen-bond donors (Lipinski definition) is 0. The maximum absolute atomic E-state index is 12.8. The third-order valence-corrected chi connectivity index (χ3v) is 11.9. The van der Waals surface area contributed by atoms with Crippen LogP contribution in [0.4, 0.5) is 0 Å². The zero-order valence-corrected chi connectivity index (χ0v) is 41.4. The van der Waals surface area contributed by atoms with Crippen LogP contribution < -0.4 is 0 Å². The van der Waals surface area contributed by atoms with Crippen LogP contribution in [0.3, 0.4) is 0 Å². The second kappa shape index (κ2) is 51.3. The zero-order valence-electron chi connectivity index (χ0n) is 41.4. The molecule has 0 aliphatic rings. The highest BCUT2D eigenvalue weighted by atomic mass is 16.6. The molecule has 6 heteroatoms. The Morgan fingerprint density at radius 3 is 0.919 bits per heavy atom. The molecule has 0 spiro atoms. The molecule has 0 radical (unpaired) electrons. The van der Waals surface area contributed by atoms with Gasteiger partial charge in [0.2, 0.25) is 0 Å². The predicted octanol–water partition coefficient (Wildman–Crippen LogP) is 17.7. The van der Waals surface area contributed by atoms with Gasteiger partial charge in [-0.3, -0.25) is 14.4 Å². The van der Waals surface area contributed by atoms with Crippen LogP contribution in [0.25, 0.3) is 0 Å². The van der Waals surface area contributed by atoms with Gasteiger partial charge in [0.05, 0.1) is 0 Å². The number of ether oxygens (including phenoxy) is 3. The molecule has 0 aliphatic heterocycles. The first kappa shape index (κ1) is 59.6. The Morgan fingerprint density at radius 2 is 0.581 bits per heavy atom. The summed E-state index contributed by atoms with van der Waals surface area (Å²) < 4.78 is 16.8. The summed E-state index contributed by atoms with van der Waals surface area (Å²) in [4.78, 5) is 38.0. The van der Waals surface area contributed by atoms with Gasteiger partial charge in [0.15, 0.2) is 6.10 Å². The number of esters is 3. The number of allylic oxidation sites excluding steroid dienone is 6. The summed E-state index contributed by atoms with van der Waals surface area (Å²) in [6, 6.07) is 0. The average molecular weight is 871 g/mol. The van der Waals surface area contributed by atoms with E-state index >= 15 is 0 Å². The first-order chi connectivity index (χ1) is 30.5. The minimum absolute atomic E-state index is 0.0769. The van der Waals surface area contributed by atoms with Crippen LogP contribution >= 0.6 is 0 Å². The molecule has 0 amide bonds. The lowest BCUT2D eigenvalue weighted by Crippen LogP contribution is -2.30. The van der Waals surface area contributed by atoms with Gasteiger partial charge in [-0.05, 0) is 77.0 Å². The third kappa shape index (κ3) is 48.7. The quantitative estimate of drug-likeness (QED) is 0.0262. The van der Waals surface area contributed by atoms with E-state index in [2.05, 4.69) is 57.2 Å². The molecule has 1 unspecified atom stereocenters. The van der Waals surface area contributed by atoms with Crippen molar-refractivity contribution in [3.63, 3.8) is 0 Å². The number of unbranched alkanes of at least 4 members (excludes halogenated alkanes) is 32. The molecule has 0 aliphatic carbocycles. The topological polar surface area (TPSA) is 78.9 Å². The van der Waals surface area contributed by atoms with Crippen LogP contribution in [-0.4, -0.2) is 37.2 Å². The fourth-order valence-electron chi connectivity index (χ4n) is 7.76. The van der Waals surface area contributed by atoms with Crippen molar-refractivity contribution in [2.24, 2.45) is 0 Å². The fourth-order valence-corrected chi connectivity index (χ4v) is 7.76. The Hall–Kier alpha value is -2.37. The maximum Gasteiger partial charge on any atom is 0.306 e. The van der Waals surface area contributed by atoms with Gasteiger partial charge in [-0.15, -0.1) is 0 Å². The maximum atomic E-state index is 12.8. The van der Waals surface area contributed by atoms with Gasteiger partial charge in [-0.25, -0.2) is 0 Å². The molecule has 1 atom stereocenters. The highest BCUT2D eigenvalue weighted by molar-refractivity contribution is 5.71. The summed E-state index contributed by atoms with van der Waals surface area (Å²) in [5.41, 5.74) is 0. The number of carbonyl (C=O) groups is 3. The Bertz CT molecular complexity index is 1050. The van der Waals surface area contributed by atoms with Crippen LogP contribution in [0.5, 0.6) is 0 Å². The molecule has 0 saturated carbocycles. The Balaban J connectivity index is 4.39. The lowest BCUT2D eigenvalue weighted by molar-refractivity contribution is -0.167. The molecule has 62 heavy (non-hydrogen) atoms. The summed E-state index contributed by atoms with van der Waals surface area (Å²) in [6.07, 6.45) is 59.8. The van der Waals surface area contributed by atoms with E-state index in [9.17, 15) is 14.4 Å². The first-order valence-corrected chi connectivity index (χ1v) is 27.0. The van der Waals surface area contributed by atoms with Gasteiger partial charge in [0.1, 0.15) is 13.2 Å². The van der Waals surface area contributed by atoms with E-state index in [1.807, 2.05) is 0 Å². The van der Waals surface area contributed by atoms with E-state index in [0.29, 0.717) is 19.3 Å². The van der Waals surface area contributed by atoms with E-state index in [1.165, 1.54) is 161 Å². The highest BCUT2D eigenvalue weighted by Gasteiger charge is 2.19. The standard InChI is InChI=1S/C56H102O6/c1-4-7-10-13-16-19-22-25-27-29-31-34-37-40-43-46-49-55(58)61-52-53(51-60-54(57)48-45-42-39-36-33-30-24-21-18-15-12-9-6-3)62-56(59)50-47-44-41-38-35-32-28-26-23-20-17-14-11-8-5-2/h19,22,26-29,53H,4-18,20-21,23-25,30-52H2,1-3H3/b22-19-,28-26-,29-27-. The van der Waals surface area contributed by atoms with Crippen molar-refractivity contribution in [1.82, 2.24) is 0 Å². The molecule has 0 aromatic carbocycles. The van der Waals surface area contributed by atoms with Crippen molar-refractivity contribution in [3.05, 3.63) is 36.5 Å². The van der Waals surface area contributed by atoms with Crippen molar-refractivity contribution in [1.29, 1.82) is 0 Å². The van der Waals surface area contributed by atoms with Gasteiger partial charge in [-0.1, -0.05) is 224 Å². The lowest BCUT2D eigenvalue weighted by Gasteiger charge is -2.18. The van der Waals surface area contributed by atoms with Gasteiger partial charge >= 0.3 is 17.9 Å². The van der Waals surface area contributed by atoms with Crippen LogP contribution in [0.1, 0.15) is 284 Å². The van der Waals surface area contributed by atoms with Gasteiger partial charge < -0.3 is 14.2 Å². The number of rotatable bonds is 49. The summed E-state index contributed by atoms with van der Waals surface area (Å²) >= 11 is 0. The molecule has 0 heterocycles. The smallest absolute Gasteiger partial charge is 0.306 e. The zero-order chi connectivity index (χ0) is 45.1. The molecule has 0 aromatic rings. The molecule has 0 saturated heterocycles. The van der Waals surface area contributed by atoms with E-state index in [1.54, 1.807) is 0 Å². The molecular weight excluding hydrogens is 769 g/mol. The van der Waals surface area contributed by atoms with Crippen molar-refractivity contribution in [2.75, 3.05) is 13.2 Å². The molecule has 0 aromatic heterocycles. The van der Waals surface area contributed by atoms with E-state index in [4.69, 9.17) is 14.2 Å². The minimum atomic E-state index is -0.778. The van der Waals surface area contributed by atoms with Crippen LogP contribution in [0, 0.1) is 0 Å². The Kier molecular flexibility index (Phi) is 49.3. The van der Waals surface area contributed by atoms with Crippen LogP contribution in [0.2, 0.25) is 0 Å². The SMILES string of the molecule is CCCCCC/C=C\C/C=C\CCCCCCCC(=O)OCC(COC(=O)CCCCCCCCCCCCCCC)OC(=O)CCCCCCC/C=C\CCCCCCCC. The summed E-state index contributed by atoms with van der Waals surface area (Å²) in [7, 11) is 0. The third-order valence-electron chi connectivity index (χ3n) is 11.9. The second-order valence-electron chi connectivity index (χ2n) is 18.1. The van der Waals surface area contributed by atoms with Gasteiger partial charge in [-0.2, -0.15) is 0 Å². The van der Waals surface area contributed by atoms with E-state index in [0.717, 1.165) is 83.5 Å². The van der Waals surface area contributed by atoms with E-state index in [-0.39, 0.29) is 31.1 Å². The molecule has 0 bridgehead atoms. The van der Waals surface area contributed by atoms with Crippen molar-refractivity contribution < 1.29 is 28.6 Å². The second-order valence-corrected chi connectivity index (χ2v) is 18.1. The van der Waals surface area contributed by atoms with Crippen LogP contribution in [0.15, 0.2) is 36.5 Å². The van der Waals surface area contributed by atoms with Gasteiger partial charge in [0.25, 0.3) is 0 Å². The van der Waals surface area contributed by atoms with Crippen molar-refractivity contribution in [2.45, 2.75) is 290 Å². The van der Waals surface area contributed by atoms with Crippen molar-refractivity contribution >= 4 is 17.9 Å². The molecule has 0 fully saturated rings. The summed E-state index contributed by atoms with van der Waals surface area (Å²) in [5, 5.41) is 0. The highest BCUT2D eigenvalue weighted by Crippen LogP contribution is 2.15. The average Bonchev–Trinajstić information content (AvgIpc) is 3.27. The number of hydrogen-bond acceptors (Lipinski definition) is 6. The predicted molar refractivity (Wildman–Crippen MR) is 266 cm³/mol. The monoisotopic (exact) mass is 871 g/mol. The van der Waals surface area contributed by atoms with Crippen LogP contribution in [-0.2, 0) is 28.6 Å². The van der Waals surface area contributed by atoms with E-state index < -0.39 is 6.10 Å². The summed E-state index contributed by atoms with van der Waals surface area (Å²) in [6.45, 7) is 6.62. The fraction of sp³-hybridized carbons (Fsp3) is 0.839. The number of carbonyl (C=O) groups excluding carboxylic acids is 3. The van der Waals surface area contributed by atoms with Crippen molar-refractivity contribution in [3.8, 4) is 0 Å². The molecule has 0 rings (SSSR count). The van der Waals surface area contributed by atoms with Gasteiger partial charge in [0, 0.05) is 19.3 Å². The lowest BCUT2D eigenvalue weighted by atomic mass is 10.0. The normalized spacial score (nSPS) is 12.2.